The van der Waals surface area contributed by atoms with Crippen LogP contribution in [0.2, 0.25) is 0 Å². The highest BCUT2D eigenvalue weighted by molar-refractivity contribution is 5.92. The predicted molar refractivity (Wildman–Crippen MR) is 99.8 cm³/mol. The van der Waals surface area contributed by atoms with E-state index in [1.807, 2.05) is 43.4 Å². The number of aromatic nitrogens is 2. The number of rotatable bonds is 2. The highest BCUT2D eigenvalue weighted by Crippen LogP contribution is 2.46. The zero-order valence-corrected chi connectivity index (χ0v) is 15.4. The number of aryl methyl sites for hydroxylation is 2. The van der Waals surface area contributed by atoms with Gasteiger partial charge >= 0.3 is 0 Å². The number of hydrogen-bond donors (Lipinski definition) is 0. The summed E-state index contributed by atoms with van der Waals surface area (Å²) in [5, 5.41) is 4.27. The van der Waals surface area contributed by atoms with Crippen LogP contribution in [0.3, 0.4) is 0 Å². The summed E-state index contributed by atoms with van der Waals surface area (Å²) in [6, 6.07) is 9.88. The zero-order chi connectivity index (χ0) is 18.6. The molecule has 0 radical (unpaired) electrons. The Morgan fingerprint density at radius 3 is 2.85 bits per heavy atom. The van der Waals surface area contributed by atoms with Gasteiger partial charge in [-0.1, -0.05) is 6.07 Å². The molecule has 2 aliphatic rings. The summed E-state index contributed by atoms with van der Waals surface area (Å²) >= 11 is 0. The molecular formula is C21H21N3O3. The van der Waals surface area contributed by atoms with Gasteiger partial charge < -0.3 is 14.1 Å². The van der Waals surface area contributed by atoms with Gasteiger partial charge in [0, 0.05) is 37.5 Å². The normalized spacial score (nSPS) is 20.9. The Balaban J connectivity index is 1.45. The molecule has 0 aliphatic carbocycles. The second-order valence-corrected chi connectivity index (χ2v) is 7.57. The predicted octanol–water partition coefficient (Wildman–Crippen LogP) is 3.16. The standard InChI is InChI=1S/C21H21N3O3/c1-14-3-5-19(27-14)20(25)24-8-7-21(12-24)13-26-18-6-4-15(9-17(18)21)16-10-22-23(2)11-16/h3-6,9-11H,7-8,12-13H2,1-2H3. The first-order valence-electron chi connectivity index (χ1n) is 9.16. The van der Waals surface area contributed by atoms with Gasteiger partial charge in [-0.3, -0.25) is 9.48 Å². The maximum atomic E-state index is 12.8. The summed E-state index contributed by atoms with van der Waals surface area (Å²) in [6.45, 7) is 3.82. The molecule has 1 spiro atoms. The molecule has 27 heavy (non-hydrogen) atoms. The minimum Gasteiger partial charge on any atom is -0.492 e. The van der Waals surface area contributed by atoms with Gasteiger partial charge in [0.1, 0.15) is 11.5 Å². The van der Waals surface area contributed by atoms with Gasteiger partial charge in [0.25, 0.3) is 5.91 Å². The van der Waals surface area contributed by atoms with Crippen molar-refractivity contribution >= 4 is 5.91 Å². The number of amides is 1. The molecule has 6 nitrogen and oxygen atoms in total. The molecule has 0 N–H and O–H groups in total. The van der Waals surface area contributed by atoms with Gasteiger partial charge in [0.2, 0.25) is 0 Å². The van der Waals surface area contributed by atoms with Crippen molar-refractivity contribution in [2.24, 2.45) is 7.05 Å². The quantitative estimate of drug-likeness (QED) is 0.702. The Hall–Kier alpha value is -3.02. The van der Waals surface area contributed by atoms with Gasteiger partial charge in [-0.25, -0.2) is 0 Å². The summed E-state index contributed by atoms with van der Waals surface area (Å²) in [5.74, 6) is 2.04. The first kappa shape index (κ1) is 16.2. The summed E-state index contributed by atoms with van der Waals surface area (Å²) in [4.78, 5) is 14.7. The Morgan fingerprint density at radius 2 is 2.11 bits per heavy atom. The lowest BCUT2D eigenvalue weighted by molar-refractivity contribution is 0.0748. The van der Waals surface area contributed by atoms with Crippen molar-refractivity contribution in [3.05, 3.63) is 59.8 Å². The number of hydrogen-bond acceptors (Lipinski definition) is 4. The molecule has 1 fully saturated rings. The number of benzene rings is 1. The number of fused-ring (bicyclic) bond motifs is 2. The molecule has 0 bridgehead atoms. The Bertz CT molecular complexity index is 1030. The van der Waals surface area contributed by atoms with E-state index >= 15 is 0 Å². The van der Waals surface area contributed by atoms with E-state index < -0.39 is 0 Å². The first-order valence-corrected chi connectivity index (χ1v) is 9.16. The molecule has 1 saturated heterocycles. The summed E-state index contributed by atoms with van der Waals surface area (Å²) < 4.78 is 13.3. The molecule has 1 atom stereocenters. The fraction of sp³-hybridized carbons (Fsp3) is 0.333. The van der Waals surface area contributed by atoms with E-state index in [1.54, 1.807) is 10.7 Å². The molecule has 4 heterocycles. The van der Waals surface area contributed by atoms with E-state index in [0.29, 0.717) is 25.5 Å². The van der Waals surface area contributed by atoms with Crippen molar-refractivity contribution in [3.63, 3.8) is 0 Å². The number of ether oxygens (including phenoxy) is 1. The maximum Gasteiger partial charge on any atom is 0.289 e. The van der Waals surface area contributed by atoms with E-state index in [-0.39, 0.29) is 11.3 Å². The monoisotopic (exact) mass is 363 g/mol. The van der Waals surface area contributed by atoms with Crippen LogP contribution in [0.5, 0.6) is 5.75 Å². The molecule has 6 heteroatoms. The third-order valence-electron chi connectivity index (χ3n) is 5.69. The SMILES string of the molecule is Cc1ccc(C(=O)N2CCC3(COc4ccc(-c5cnn(C)c5)cc43)C2)o1. The van der Waals surface area contributed by atoms with Gasteiger partial charge in [0.15, 0.2) is 5.76 Å². The fourth-order valence-corrected chi connectivity index (χ4v) is 4.20. The Kier molecular flexibility index (Phi) is 3.44. The minimum absolute atomic E-state index is 0.0446. The van der Waals surface area contributed by atoms with Crippen LogP contribution in [0.1, 0.15) is 28.3 Å². The van der Waals surface area contributed by atoms with Crippen molar-refractivity contribution in [1.82, 2.24) is 14.7 Å². The summed E-state index contributed by atoms with van der Waals surface area (Å²) in [5.41, 5.74) is 3.25. The molecular weight excluding hydrogens is 342 g/mol. The summed E-state index contributed by atoms with van der Waals surface area (Å²) in [7, 11) is 1.91. The minimum atomic E-state index is -0.148. The summed E-state index contributed by atoms with van der Waals surface area (Å²) in [6.07, 6.45) is 4.77. The molecule has 3 aromatic rings. The van der Waals surface area contributed by atoms with E-state index in [2.05, 4.69) is 17.2 Å². The van der Waals surface area contributed by atoms with Crippen LogP contribution in [0, 0.1) is 6.92 Å². The molecule has 0 saturated carbocycles. The third kappa shape index (κ3) is 2.55. The first-order chi connectivity index (χ1) is 13.0. The van der Waals surface area contributed by atoms with Crippen LogP contribution in [0.25, 0.3) is 11.1 Å². The van der Waals surface area contributed by atoms with Crippen molar-refractivity contribution in [2.45, 2.75) is 18.8 Å². The number of carbonyl (C=O) groups excluding carboxylic acids is 1. The third-order valence-corrected chi connectivity index (χ3v) is 5.69. The Morgan fingerprint density at radius 1 is 1.22 bits per heavy atom. The second-order valence-electron chi connectivity index (χ2n) is 7.57. The average molecular weight is 363 g/mol. The Labute approximate surface area is 157 Å². The average Bonchev–Trinajstić information content (AvgIpc) is 3.44. The molecule has 1 aromatic carbocycles. The van der Waals surface area contributed by atoms with E-state index in [9.17, 15) is 4.79 Å². The smallest absolute Gasteiger partial charge is 0.289 e. The van der Waals surface area contributed by atoms with E-state index in [0.717, 1.165) is 29.1 Å². The topological polar surface area (TPSA) is 60.5 Å². The van der Waals surface area contributed by atoms with Gasteiger partial charge in [-0.15, -0.1) is 0 Å². The van der Waals surface area contributed by atoms with Crippen molar-refractivity contribution < 1.29 is 13.9 Å². The van der Waals surface area contributed by atoms with E-state index in [1.165, 1.54) is 5.56 Å². The lowest BCUT2D eigenvalue weighted by Gasteiger charge is -2.23. The molecule has 138 valence electrons. The lowest BCUT2D eigenvalue weighted by Crippen LogP contribution is -2.35. The zero-order valence-electron chi connectivity index (χ0n) is 15.4. The van der Waals surface area contributed by atoms with Gasteiger partial charge in [0.05, 0.1) is 18.2 Å². The number of carbonyl (C=O) groups is 1. The van der Waals surface area contributed by atoms with Crippen LogP contribution in [-0.4, -0.2) is 40.3 Å². The van der Waals surface area contributed by atoms with Crippen molar-refractivity contribution in [3.8, 4) is 16.9 Å². The van der Waals surface area contributed by atoms with Crippen molar-refractivity contribution in [2.75, 3.05) is 19.7 Å². The van der Waals surface area contributed by atoms with Gasteiger partial charge in [-0.05, 0) is 43.2 Å². The highest BCUT2D eigenvalue weighted by atomic mass is 16.5. The van der Waals surface area contributed by atoms with Crippen molar-refractivity contribution in [1.29, 1.82) is 0 Å². The number of likely N-dealkylation sites (tertiary alicyclic amines) is 1. The fourth-order valence-electron chi connectivity index (χ4n) is 4.20. The van der Waals surface area contributed by atoms with Gasteiger partial charge in [-0.2, -0.15) is 5.10 Å². The lowest BCUT2D eigenvalue weighted by atomic mass is 9.81. The molecule has 5 rings (SSSR count). The number of furan rings is 1. The number of nitrogens with zero attached hydrogens (tertiary/aromatic N) is 3. The largest absolute Gasteiger partial charge is 0.492 e. The molecule has 2 aromatic heterocycles. The van der Waals surface area contributed by atoms with Crippen LogP contribution in [0.15, 0.2) is 47.1 Å². The second kappa shape index (κ2) is 5.74. The maximum absolute atomic E-state index is 12.8. The van der Waals surface area contributed by atoms with E-state index in [4.69, 9.17) is 9.15 Å². The van der Waals surface area contributed by atoms with Crippen LogP contribution < -0.4 is 4.74 Å². The highest BCUT2D eigenvalue weighted by Gasteiger charge is 2.47. The molecule has 1 unspecified atom stereocenters. The molecule has 2 aliphatic heterocycles. The van der Waals surface area contributed by atoms with Crippen LogP contribution in [-0.2, 0) is 12.5 Å². The van der Waals surface area contributed by atoms with Crippen LogP contribution in [0.4, 0.5) is 0 Å². The molecule has 1 amide bonds. The van der Waals surface area contributed by atoms with Crippen LogP contribution >= 0.6 is 0 Å².